The smallest absolute Gasteiger partial charge is 0.257 e. The van der Waals surface area contributed by atoms with E-state index in [1.807, 2.05) is 19.1 Å². The third-order valence-corrected chi connectivity index (χ3v) is 4.59. The number of rotatable bonds is 3. The van der Waals surface area contributed by atoms with Crippen molar-refractivity contribution in [2.24, 2.45) is 0 Å². The van der Waals surface area contributed by atoms with Gasteiger partial charge in [0, 0.05) is 27.0 Å². The van der Waals surface area contributed by atoms with Crippen LogP contribution in [0.5, 0.6) is 0 Å². The Morgan fingerprint density at radius 2 is 1.95 bits per heavy atom. The molecule has 0 radical (unpaired) electrons. The predicted molar refractivity (Wildman–Crippen MR) is 87.4 cm³/mol. The van der Waals surface area contributed by atoms with E-state index in [0.29, 0.717) is 21.5 Å². The average molecular weight is 336 g/mol. The van der Waals surface area contributed by atoms with Crippen LogP contribution in [0, 0.1) is 6.92 Å². The molecular formula is C14H10ClN3OS2. The summed E-state index contributed by atoms with van der Waals surface area (Å²) >= 11 is 8.59. The predicted octanol–water partition coefficient (Wildman–Crippen LogP) is 4.48. The van der Waals surface area contributed by atoms with Gasteiger partial charge >= 0.3 is 0 Å². The highest BCUT2D eigenvalue weighted by molar-refractivity contribution is 7.15. The number of thiophene rings is 1. The van der Waals surface area contributed by atoms with Crippen LogP contribution in [0.3, 0.4) is 0 Å². The lowest BCUT2D eigenvalue weighted by Crippen LogP contribution is -2.11. The molecule has 1 amide bonds. The first kappa shape index (κ1) is 14.2. The molecule has 0 aliphatic carbocycles. The fourth-order valence-corrected chi connectivity index (χ4v) is 3.26. The summed E-state index contributed by atoms with van der Waals surface area (Å²) in [4.78, 5) is 18.6. The van der Waals surface area contributed by atoms with Crippen LogP contribution < -0.4 is 5.32 Å². The Hall–Kier alpha value is -1.76. The lowest BCUT2D eigenvalue weighted by molar-refractivity contribution is 0.102. The van der Waals surface area contributed by atoms with Crippen LogP contribution in [0.25, 0.3) is 10.7 Å². The van der Waals surface area contributed by atoms with Crippen LogP contribution in [0.2, 0.25) is 5.02 Å². The molecule has 1 aromatic carbocycles. The molecule has 21 heavy (non-hydrogen) atoms. The maximum absolute atomic E-state index is 12.1. The molecule has 2 heterocycles. The first-order valence-corrected chi connectivity index (χ1v) is 8.06. The molecule has 0 aliphatic heterocycles. The SMILES string of the molecule is Cc1ccc(-c2nsc(NC(=O)c3ccc(Cl)cc3)n2)s1. The highest BCUT2D eigenvalue weighted by Gasteiger charge is 2.12. The molecule has 3 aromatic rings. The van der Waals surface area contributed by atoms with Crippen molar-refractivity contribution < 1.29 is 4.79 Å². The van der Waals surface area contributed by atoms with Crippen LogP contribution in [-0.4, -0.2) is 15.3 Å². The van der Waals surface area contributed by atoms with Crippen molar-refractivity contribution in [1.82, 2.24) is 9.36 Å². The van der Waals surface area contributed by atoms with E-state index in [-0.39, 0.29) is 5.91 Å². The third-order valence-electron chi connectivity index (χ3n) is 2.71. The molecule has 0 aliphatic rings. The number of nitrogens with one attached hydrogen (secondary N) is 1. The number of amides is 1. The highest BCUT2D eigenvalue weighted by Crippen LogP contribution is 2.27. The first-order chi connectivity index (χ1) is 10.1. The van der Waals surface area contributed by atoms with Crippen molar-refractivity contribution >= 4 is 45.5 Å². The van der Waals surface area contributed by atoms with Gasteiger partial charge in [-0.2, -0.15) is 9.36 Å². The summed E-state index contributed by atoms with van der Waals surface area (Å²) in [5, 5.41) is 3.82. The van der Waals surface area contributed by atoms with Gasteiger partial charge < -0.3 is 0 Å². The third kappa shape index (κ3) is 3.29. The summed E-state index contributed by atoms with van der Waals surface area (Å²) in [6.45, 7) is 2.03. The van der Waals surface area contributed by atoms with E-state index in [1.54, 1.807) is 35.6 Å². The number of halogens is 1. The quantitative estimate of drug-likeness (QED) is 0.767. The molecule has 7 heteroatoms. The van der Waals surface area contributed by atoms with Crippen molar-refractivity contribution in [1.29, 1.82) is 0 Å². The molecule has 0 bridgehead atoms. The molecule has 4 nitrogen and oxygen atoms in total. The summed E-state index contributed by atoms with van der Waals surface area (Å²) in [6, 6.07) is 10.7. The molecule has 106 valence electrons. The molecule has 1 N–H and O–H groups in total. The van der Waals surface area contributed by atoms with Gasteiger partial charge in [0.15, 0.2) is 5.82 Å². The Morgan fingerprint density at radius 3 is 2.62 bits per heavy atom. The van der Waals surface area contributed by atoms with E-state index >= 15 is 0 Å². The number of anilines is 1. The second-order valence-electron chi connectivity index (χ2n) is 4.29. The van der Waals surface area contributed by atoms with E-state index in [9.17, 15) is 4.79 Å². The van der Waals surface area contributed by atoms with Crippen molar-refractivity contribution in [2.75, 3.05) is 5.32 Å². The Morgan fingerprint density at radius 1 is 1.19 bits per heavy atom. The number of aromatic nitrogens is 2. The monoisotopic (exact) mass is 335 g/mol. The summed E-state index contributed by atoms with van der Waals surface area (Å²) < 4.78 is 4.27. The summed E-state index contributed by atoms with van der Waals surface area (Å²) in [5.41, 5.74) is 0.531. The molecule has 0 fully saturated rings. The van der Waals surface area contributed by atoms with Gasteiger partial charge in [0.25, 0.3) is 5.91 Å². The van der Waals surface area contributed by atoms with Gasteiger partial charge in [-0.05, 0) is 43.3 Å². The minimum absolute atomic E-state index is 0.225. The van der Waals surface area contributed by atoms with Crippen LogP contribution in [-0.2, 0) is 0 Å². The minimum Gasteiger partial charge on any atom is -0.297 e. The van der Waals surface area contributed by atoms with Crippen molar-refractivity contribution in [3.63, 3.8) is 0 Å². The molecule has 0 saturated carbocycles. The van der Waals surface area contributed by atoms with Gasteiger partial charge in [0.1, 0.15) is 0 Å². The molecule has 0 unspecified atom stereocenters. The Balaban J connectivity index is 1.75. The zero-order valence-electron chi connectivity index (χ0n) is 11.0. The second-order valence-corrected chi connectivity index (χ2v) is 6.77. The Bertz CT molecular complexity index is 780. The van der Waals surface area contributed by atoms with Gasteiger partial charge in [-0.1, -0.05) is 11.6 Å². The minimum atomic E-state index is -0.225. The number of aryl methyl sites for hydroxylation is 1. The van der Waals surface area contributed by atoms with Crippen LogP contribution >= 0.6 is 34.5 Å². The largest absolute Gasteiger partial charge is 0.297 e. The molecule has 0 spiro atoms. The van der Waals surface area contributed by atoms with Gasteiger partial charge in [0.2, 0.25) is 5.13 Å². The summed E-state index contributed by atoms with van der Waals surface area (Å²) in [6.07, 6.45) is 0. The van der Waals surface area contributed by atoms with E-state index in [0.717, 1.165) is 4.88 Å². The number of carbonyl (C=O) groups is 1. The van der Waals surface area contributed by atoms with Gasteiger partial charge in [0.05, 0.1) is 4.88 Å². The second kappa shape index (κ2) is 5.93. The Kier molecular flexibility index (Phi) is 4.01. The van der Waals surface area contributed by atoms with Crippen molar-refractivity contribution in [3.05, 3.63) is 51.9 Å². The topological polar surface area (TPSA) is 54.9 Å². The van der Waals surface area contributed by atoms with E-state index in [4.69, 9.17) is 11.6 Å². The molecule has 0 saturated heterocycles. The molecule has 2 aromatic heterocycles. The Labute approximate surface area is 134 Å². The summed E-state index contributed by atoms with van der Waals surface area (Å²) in [5.74, 6) is 0.418. The average Bonchev–Trinajstić information content (AvgIpc) is 3.08. The number of benzene rings is 1. The van der Waals surface area contributed by atoms with Crippen molar-refractivity contribution in [2.45, 2.75) is 6.92 Å². The lowest BCUT2D eigenvalue weighted by Gasteiger charge is -2.00. The lowest BCUT2D eigenvalue weighted by atomic mass is 10.2. The first-order valence-electron chi connectivity index (χ1n) is 6.09. The maximum Gasteiger partial charge on any atom is 0.257 e. The van der Waals surface area contributed by atoms with E-state index in [2.05, 4.69) is 14.7 Å². The zero-order chi connectivity index (χ0) is 14.8. The summed E-state index contributed by atoms with van der Waals surface area (Å²) in [7, 11) is 0. The molecular weight excluding hydrogens is 326 g/mol. The van der Waals surface area contributed by atoms with E-state index < -0.39 is 0 Å². The number of carbonyl (C=O) groups excluding carboxylic acids is 1. The van der Waals surface area contributed by atoms with E-state index in [1.165, 1.54) is 16.4 Å². The van der Waals surface area contributed by atoms with Gasteiger partial charge in [-0.25, -0.2) is 0 Å². The standard InChI is InChI=1S/C14H10ClN3OS2/c1-8-2-7-11(20-8)12-16-14(21-18-12)17-13(19)9-3-5-10(15)6-4-9/h2-7H,1H3,(H,16,17,18,19). The van der Waals surface area contributed by atoms with Crippen LogP contribution in [0.4, 0.5) is 5.13 Å². The number of hydrogen-bond acceptors (Lipinski definition) is 5. The van der Waals surface area contributed by atoms with Crippen LogP contribution in [0.1, 0.15) is 15.2 Å². The zero-order valence-corrected chi connectivity index (χ0v) is 13.4. The fraction of sp³-hybridized carbons (Fsp3) is 0.0714. The molecule has 3 rings (SSSR count). The fourth-order valence-electron chi connectivity index (χ4n) is 1.70. The van der Waals surface area contributed by atoms with Gasteiger partial charge in [-0.3, -0.25) is 10.1 Å². The van der Waals surface area contributed by atoms with Crippen LogP contribution in [0.15, 0.2) is 36.4 Å². The number of hydrogen-bond donors (Lipinski definition) is 1. The van der Waals surface area contributed by atoms with Crippen molar-refractivity contribution in [3.8, 4) is 10.7 Å². The highest BCUT2D eigenvalue weighted by atomic mass is 35.5. The maximum atomic E-state index is 12.1. The number of nitrogens with zero attached hydrogens (tertiary/aromatic N) is 2. The molecule has 0 atom stereocenters. The van der Waals surface area contributed by atoms with Gasteiger partial charge in [-0.15, -0.1) is 11.3 Å². The normalized spacial score (nSPS) is 10.6.